The molecule has 0 fully saturated rings. The van der Waals surface area contributed by atoms with Crippen LogP contribution in [0.3, 0.4) is 0 Å². The maximum atomic E-state index is 13.7. The first-order valence-corrected chi connectivity index (χ1v) is 5.94. The highest BCUT2D eigenvalue weighted by molar-refractivity contribution is 6.35. The van der Waals surface area contributed by atoms with Crippen molar-refractivity contribution in [3.05, 3.63) is 58.1 Å². The fraction of sp³-hybridized carbons (Fsp3) is 0.0714. The molecule has 0 heterocycles. The normalized spacial score (nSPS) is 10.4. The van der Waals surface area contributed by atoms with E-state index in [0.717, 1.165) is 6.07 Å². The van der Waals surface area contributed by atoms with E-state index >= 15 is 0 Å². The first-order chi connectivity index (χ1) is 9.43. The molecule has 0 saturated heterocycles. The third-order valence-electron chi connectivity index (χ3n) is 2.75. The Kier molecular flexibility index (Phi) is 3.90. The number of ether oxygens (including phenoxy) is 1. The van der Waals surface area contributed by atoms with Crippen LogP contribution in [0.4, 0.5) is 14.5 Å². The highest BCUT2D eigenvalue weighted by Gasteiger charge is 2.19. The first kappa shape index (κ1) is 14.3. The zero-order valence-corrected chi connectivity index (χ0v) is 11.2. The molecule has 0 aromatic heterocycles. The standard InChI is InChI=1S/C14H10ClF2NO2/c1-20-7-2-3-8(10(15)4-7)14(19)9-5-13(18)12(17)6-11(9)16/h2-6H,18H2,1H3. The average molecular weight is 298 g/mol. The molecule has 3 nitrogen and oxygen atoms in total. The number of rotatable bonds is 3. The highest BCUT2D eigenvalue weighted by atomic mass is 35.5. The van der Waals surface area contributed by atoms with E-state index < -0.39 is 17.4 Å². The summed E-state index contributed by atoms with van der Waals surface area (Å²) in [5.41, 5.74) is 4.78. The summed E-state index contributed by atoms with van der Waals surface area (Å²) in [5.74, 6) is -2.12. The number of ketones is 1. The van der Waals surface area contributed by atoms with Gasteiger partial charge in [-0.15, -0.1) is 0 Å². The lowest BCUT2D eigenvalue weighted by atomic mass is 10.0. The van der Waals surface area contributed by atoms with Crippen LogP contribution in [-0.4, -0.2) is 12.9 Å². The Morgan fingerprint density at radius 2 is 1.85 bits per heavy atom. The van der Waals surface area contributed by atoms with Gasteiger partial charge in [-0.25, -0.2) is 8.78 Å². The van der Waals surface area contributed by atoms with Gasteiger partial charge in [-0.3, -0.25) is 4.79 Å². The van der Waals surface area contributed by atoms with Crippen LogP contribution in [0, 0.1) is 11.6 Å². The Morgan fingerprint density at radius 3 is 2.45 bits per heavy atom. The van der Waals surface area contributed by atoms with E-state index in [2.05, 4.69) is 0 Å². The zero-order chi connectivity index (χ0) is 14.9. The number of nitrogen functional groups attached to an aromatic ring is 1. The maximum Gasteiger partial charge on any atom is 0.197 e. The van der Waals surface area contributed by atoms with Crippen LogP contribution in [-0.2, 0) is 0 Å². The van der Waals surface area contributed by atoms with E-state index in [0.29, 0.717) is 11.8 Å². The molecular weight excluding hydrogens is 288 g/mol. The molecular formula is C14H10ClF2NO2. The van der Waals surface area contributed by atoms with Crippen LogP contribution in [0.15, 0.2) is 30.3 Å². The second-order valence-electron chi connectivity index (χ2n) is 4.03. The molecule has 2 N–H and O–H groups in total. The molecule has 0 saturated carbocycles. The number of benzene rings is 2. The molecule has 0 bridgehead atoms. The van der Waals surface area contributed by atoms with Crippen molar-refractivity contribution >= 4 is 23.1 Å². The molecule has 0 aliphatic heterocycles. The van der Waals surface area contributed by atoms with Crippen molar-refractivity contribution in [1.82, 2.24) is 0 Å². The van der Waals surface area contributed by atoms with Gasteiger partial charge >= 0.3 is 0 Å². The van der Waals surface area contributed by atoms with Gasteiger partial charge in [-0.05, 0) is 24.3 Å². The second kappa shape index (κ2) is 5.46. The Bertz CT molecular complexity index is 689. The topological polar surface area (TPSA) is 52.3 Å². The van der Waals surface area contributed by atoms with Gasteiger partial charge in [0.05, 0.1) is 23.4 Å². The fourth-order valence-corrected chi connectivity index (χ4v) is 1.95. The molecule has 6 heteroatoms. The second-order valence-corrected chi connectivity index (χ2v) is 4.44. The smallest absolute Gasteiger partial charge is 0.197 e. The van der Waals surface area contributed by atoms with Gasteiger partial charge in [0.15, 0.2) is 5.78 Å². The minimum absolute atomic E-state index is 0.0809. The lowest BCUT2D eigenvalue weighted by Gasteiger charge is -2.08. The molecule has 0 aliphatic rings. The number of halogens is 3. The largest absolute Gasteiger partial charge is 0.497 e. The van der Waals surface area contributed by atoms with Crippen molar-refractivity contribution in [2.24, 2.45) is 0 Å². The van der Waals surface area contributed by atoms with Crippen LogP contribution in [0.1, 0.15) is 15.9 Å². The predicted molar refractivity (Wildman–Crippen MR) is 72.2 cm³/mol. The van der Waals surface area contributed by atoms with Crippen LogP contribution in [0.2, 0.25) is 5.02 Å². The fourth-order valence-electron chi connectivity index (χ4n) is 1.69. The summed E-state index contributed by atoms with van der Waals surface area (Å²) in [6, 6.07) is 5.87. The van der Waals surface area contributed by atoms with Crippen LogP contribution < -0.4 is 10.5 Å². The van der Waals surface area contributed by atoms with E-state index in [9.17, 15) is 13.6 Å². The molecule has 0 aliphatic carbocycles. The van der Waals surface area contributed by atoms with E-state index in [4.69, 9.17) is 22.1 Å². The van der Waals surface area contributed by atoms with Gasteiger partial charge in [0.2, 0.25) is 0 Å². The van der Waals surface area contributed by atoms with Gasteiger partial charge < -0.3 is 10.5 Å². The van der Waals surface area contributed by atoms with Crippen molar-refractivity contribution in [2.75, 3.05) is 12.8 Å². The number of nitrogens with two attached hydrogens (primary N) is 1. The number of carbonyl (C=O) groups is 1. The molecule has 0 atom stereocenters. The van der Waals surface area contributed by atoms with Gasteiger partial charge in [0, 0.05) is 11.6 Å². The van der Waals surface area contributed by atoms with Crippen LogP contribution in [0.5, 0.6) is 5.75 Å². The van der Waals surface area contributed by atoms with E-state index in [1.807, 2.05) is 0 Å². The Morgan fingerprint density at radius 1 is 1.15 bits per heavy atom. The number of carbonyl (C=O) groups excluding carboxylic acids is 1. The summed E-state index contributed by atoms with van der Waals surface area (Å²) in [5, 5.41) is 0.108. The quantitative estimate of drug-likeness (QED) is 0.697. The van der Waals surface area contributed by atoms with Gasteiger partial charge in [-0.1, -0.05) is 11.6 Å². The molecule has 2 aromatic carbocycles. The lowest BCUT2D eigenvalue weighted by Crippen LogP contribution is -2.07. The summed E-state index contributed by atoms with van der Waals surface area (Å²) in [6.07, 6.45) is 0. The number of hydrogen-bond acceptors (Lipinski definition) is 3. The molecule has 104 valence electrons. The number of methoxy groups -OCH3 is 1. The Hall–Kier alpha value is -2.14. The van der Waals surface area contributed by atoms with Crippen LogP contribution >= 0.6 is 11.6 Å². The molecule has 0 unspecified atom stereocenters. The summed E-state index contributed by atoms with van der Waals surface area (Å²) in [7, 11) is 1.45. The average Bonchev–Trinajstić information content (AvgIpc) is 2.42. The molecule has 2 aromatic rings. The van der Waals surface area contributed by atoms with E-state index in [-0.39, 0.29) is 21.8 Å². The molecule has 20 heavy (non-hydrogen) atoms. The van der Waals surface area contributed by atoms with Gasteiger partial charge in [0.25, 0.3) is 0 Å². The summed E-state index contributed by atoms with van der Waals surface area (Å²) in [4.78, 5) is 12.2. The van der Waals surface area contributed by atoms with Crippen LogP contribution in [0.25, 0.3) is 0 Å². The maximum absolute atomic E-state index is 13.7. The predicted octanol–water partition coefficient (Wildman–Crippen LogP) is 3.44. The monoisotopic (exact) mass is 297 g/mol. The van der Waals surface area contributed by atoms with E-state index in [1.54, 1.807) is 0 Å². The van der Waals surface area contributed by atoms with Crippen molar-refractivity contribution in [3.8, 4) is 5.75 Å². The highest BCUT2D eigenvalue weighted by Crippen LogP contribution is 2.26. The minimum Gasteiger partial charge on any atom is -0.497 e. The third kappa shape index (κ3) is 2.58. The number of hydrogen-bond donors (Lipinski definition) is 1. The summed E-state index contributed by atoms with van der Waals surface area (Å²) < 4.78 is 31.7. The zero-order valence-electron chi connectivity index (χ0n) is 10.4. The Balaban J connectivity index is 2.49. The van der Waals surface area contributed by atoms with E-state index in [1.165, 1.54) is 25.3 Å². The number of anilines is 1. The van der Waals surface area contributed by atoms with Gasteiger partial charge in [0.1, 0.15) is 17.4 Å². The molecule has 0 spiro atoms. The van der Waals surface area contributed by atoms with Crippen molar-refractivity contribution in [3.63, 3.8) is 0 Å². The van der Waals surface area contributed by atoms with Crippen molar-refractivity contribution in [1.29, 1.82) is 0 Å². The van der Waals surface area contributed by atoms with Crippen molar-refractivity contribution in [2.45, 2.75) is 0 Å². The molecule has 0 radical (unpaired) electrons. The third-order valence-corrected chi connectivity index (χ3v) is 3.06. The lowest BCUT2D eigenvalue weighted by molar-refractivity contribution is 0.103. The first-order valence-electron chi connectivity index (χ1n) is 5.56. The molecule has 0 amide bonds. The summed E-state index contributed by atoms with van der Waals surface area (Å²) >= 11 is 5.95. The molecule has 2 rings (SSSR count). The van der Waals surface area contributed by atoms with Gasteiger partial charge in [-0.2, -0.15) is 0 Å². The minimum atomic E-state index is -0.992. The van der Waals surface area contributed by atoms with Crippen molar-refractivity contribution < 1.29 is 18.3 Å². The Labute approximate surface area is 118 Å². The summed E-state index contributed by atoms with van der Waals surface area (Å²) in [6.45, 7) is 0. The SMILES string of the molecule is COc1ccc(C(=O)c2cc(N)c(F)cc2F)c(Cl)c1.